The van der Waals surface area contributed by atoms with Crippen molar-refractivity contribution in [1.82, 2.24) is 0 Å². The topological polar surface area (TPSA) is 9.23 Å². The summed E-state index contributed by atoms with van der Waals surface area (Å²) in [5, 5.41) is 0. The smallest absolute Gasteiger partial charge is 0.120 e. The van der Waals surface area contributed by atoms with Crippen LogP contribution in [0.2, 0.25) is 0 Å². The molecule has 1 aromatic carbocycles. The fraction of sp³-hybridized carbons (Fsp3) is 0.556. The average Bonchev–Trinajstić information content (AvgIpc) is 2.37. The summed E-state index contributed by atoms with van der Waals surface area (Å²) in [6.45, 7) is 10.3. The molecule has 0 heterocycles. The van der Waals surface area contributed by atoms with Gasteiger partial charge >= 0.3 is 0 Å². The van der Waals surface area contributed by atoms with Crippen LogP contribution < -0.4 is 4.74 Å². The molecule has 0 bridgehead atoms. The third-order valence-electron chi connectivity index (χ3n) is 3.36. The van der Waals surface area contributed by atoms with E-state index in [-0.39, 0.29) is 0 Å². The molecule has 0 fully saturated rings. The summed E-state index contributed by atoms with van der Waals surface area (Å²) in [5.41, 5.74) is 2.35. The van der Waals surface area contributed by atoms with Gasteiger partial charge in [-0.15, -0.1) is 0 Å². The molecule has 0 aliphatic rings. The highest BCUT2D eigenvalue weighted by molar-refractivity contribution is 5.51. The van der Waals surface area contributed by atoms with Crippen LogP contribution in [0.3, 0.4) is 0 Å². The normalized spacial score (nSPS) is 12.2. The second-order valence-corrected chi connectivity index (χ2v) is 5.41. The van der Waals surface area contributed by atoms with E-state index in [1.165, 1.54) is 37.7 Å². The molecule has 1 rings (SSSR count). The molecule has 0 saturated heterocycles. The number of rotatable bonds is 9. The fourth-order valence-corrected chi connectivity index (χ4v) is 2.29. The van der Waals surface area contributed by atoms with Gasteiger partial charge in [-0.2, -0.15) is 0 Å². The molecule has 19 heavy (non-hydrogen) atoms. The summed E-state index contributed by atoms with van der Waals surface area (Å²) < 4.78 is 6.00. The van der Waals surface area contributed by atoms with Gasteiger partial charge < -0.3 is 4.74 Å². The maximum Gasteiger partial charge on any atom is 0.120 e. The van der Waals surface area contributed by atoms with Crippen LogP contribution in [0.4, 0.5) is 0 Å². The molecule has 1 unspecified atom stereocenters. The molecule has 1 atom stereocenters. The highest BCUT2D eigenvalue weighted by atomic mass is 16.5. The van der Waals surface area contributed by atoms with E-state index < -0.39 is 0 Å². The number of unbranched alkanes of at least 4 members (excludes halogenated alkanes) is 4. The summed E-state index contributed by atoms with van der Waals surface area (Å²) in [5.74, 6) is 0.968. The minimum Gasteiger partial charge on any atom is -0.491 e. The van der Waals surface area contributed by atoms with E-state index in [1.807, 2.05) is 6.08 Å². The van der Waals surface area contributed by atoms with Crippen molar-refractivity contribution in [3.05, 3.63) is 35.9 Å². The Balaban J connectivity index is 2.37. The first-order valence-electron chi connectivity index (χ1n) is 7.56. The molecule has 0 radical (unpaired) electrons. The molecule has 106 valence electrons. The fourth-order valence-electron chi connectivity index (χ4n) is 2.29. The van der Waals surface area contributed by atoms with Crippen LogP contribution in [-0.2, 0) is 0 Å². The Hall–Kier alpha value is -1.24. The first-order valence-corrected chi connectivity index (χ1v) is 7.56. The zero-order valence-corrected chi connectivity index (χ0v) is 12.7. The number of hydrogen-bond acceptors (Lipinski definition) is 1. The van der Waals surface area contributed by atoms with Crippen LogP contribution >= 0.6 is 0 Å². The van der Waals surface area contributed by atoms with Gasteiger partial charge in [0, 0.05) is 0 Å². The van der Waals surface area contributed by atoms with Crippen LogP contribution in [0, 0.1) is 6.92 Å². The van der Waals surface area contributed by atoms with E-state index in [9.17, 15) is 0 Å². The van der Waals surface area contributed by atoms with Crippen LogP contribution in [0.5, 0.6) is 5.75 Å². The summed E-state index contributed by atoms with van der Waals surface area (Å²) in [6.07, 6.45) is 9.91. The van der Waals surface area contributed by atoms with Crippen LogP contribution in [0.15, 0.2) is 24.8 Å². The Morgan fingerprint density at radius 3 is 2.58 bits per heavy atom. The average molecular weight is 260 g/mol. The second-order valence-electron chi connectivity index (χ2n) is 5.41. The molecular weight excluding hydrogens is 232 g/mol. The van der Waals surface area contributed by atoms with Crippen molar-refractivity contribution in [2.75, 3.05) is 0 Å². The maximum atomic E-state index is 6.00. The minimum atomic E-state index is 0.293. The van der Waals surface area contributed by atoms with Gasteiger partial charge in [0.2, 0.25) is 0 Å². The number of ether oxygens (including phenoxy) is 1. The maximum absolute atomic E-state index is 6.00. The third kappa shape index (κ3) is 6.47. The second kappa shape index (κ2) is 8.79. The molecule has 0 aliphatic heterocycles. The Morgan fingerprint density at radius 2 is 1.89 bits per heavy atom. The minimum absolute atomic E-state index is 0.293. The summed E-state index contributed by atoms with van der Waals surface area (Å²) >= 11 is 0. The highest BCUT2D eigenvalue weighted by Crippen LogP contribution is 2.20. The van der Waals surface area contributed by atoms with Crippen molar-refractivity contribution in [2.45, 2.75) is 65.4 Å². The lowest BCUT2D eigenvalue weighted by atomic mass is 10.1. The summed E-state index contributed by atoms with van der Waals surface area (Å²) in [6, 6.07) is 6.28. The van der Waals surface area contributed by atoms with Crippen molar-refractivity contribution in [3.8, 4) is 5.75 Å². The van der Waals surface area contributed by atoms with Crippen molar-refractivity contribution in [3.63, 3.8) is 0 Å². The lowest BCUT2D eigenvalue weighted by Crippen LogP contribution is -2.11. The molecule has 0 N–H and O–H groups in total. The van der Waals surface area contributed by atoms with Crippen molar-refractivity contribution >= 4 is 6.08 Å². The standard InChI is InChI=1S/C18H28O/c1-5-7-8-9-10-11-16(4)19-18-13-15(3)12-17(6-2)14-18/h6,12-14,16H,2,5,7-11H2,1,3-4H3. The molecule has 0 saturated carbocycles. The Bertz CT molecular complexity index is 381. The van der Waals surface area contributed by atoms with Gasteiger partial charge in [0.25, 0.3) is 0 Å². The van der Waals surface area contributed by atoms with Gasteiger partial charge in [-0.25, -0.2) is 0 Å². The predicted octanol–water partition coefficient (Wildman–Crippen LogP) is 5.77. The molecule has 1 heteroatoms. The zero-order valence-electron chi connectivity index (χ0n) is 12.7. The molecular formula is C18H28O. The monoisotopic (exact) mass is 260 g/mol. The quantitative estimate of drug-likeness (QED) is 0.512. The highest BCUT2D eigenvalue weighted by Gasteiger charge is 2.05. The van der Waals surface area contributed by atoms with Gasteiger partial charge in [0.1, 0.15) is 5.75 Å². The molecule has 0 spiro atoms. The van der Waals surface area contributed by atoms with E-state index in [0.29, 0.717) is 6.10 Å². The summed E-state index contributed by atoms with van der Waals surface area (Å²) in [7, 11) is 0. The molecule has 0 amide bonds. The van der Waals surface area contributed by atoms with E-state index in [1.54, 1.807) is 0 Å². The zero-order chi connectivity index (χ0) is 14.1. The Morgan fingerprint density at radius 1 is 1.16 bits per heavy atom. The van der Waals surface area contributed by atoms with Crippen molar-refractivity contribution in [2.24, 2.45) is 0 Å². The van der Waals surface area contributed by atoms with E-state index in [4.69, 9.17) is 4.74 Å². The van der Waals surface area contributed by atoms with E-state index in [2.05, 4.69) is 45.5 Å². The van der Waals surface area contributed by atoms with Gasteiger partial charge in [-0.1, -0.05) is 51.3 Å². The van der Waals surface area contributed by atoms with E-state index in [0.717, 1.165) is 17.7 Å². The van der Waals surface area contributed by atoms with Gasteiger partial charge in [-0.3, -0.25) is 0 Å². The Labute approximate surface area is 118 Å². The third-order valence-corrected chi connectivity index (χ3v) is 3.36. The van der Waals surface area contributed by atoms with Crippen LogP contribution in [0.25, 0.3) is 6.08 Å². The number of hydrogen-bond donors (Lipinski definition) is 0. The Kier molecular flexibility index (Phi) is 7.32. The largest absolute Gasteiger partial charge is 0.491 e. The van der Waals surface area contributed by atoms with Crippen LogP contribution in [-0.4, -0.2) is 6.10 Å². The molecule has 1 nitrogen and oxygen atoms in total. The first-order chi connectivity index (χ1) is 9.15. The number of aryl methyl sites for hydroxylation is 1. The van der Waals surface area contributed by atoms with Gasteiger partial charge in [0.05, 0.1) is 6.10 Å². The summed E-state index contributed by atoms with van der Waals surface area (Å²) in [4.78, 5) is 0. The molecule has 0 aromatic heterocycles. The lowest BCUT2D eigenvalue weighted by Gasteiger charge is -2.15. The lowest BCUT2D eigenvalue weighted by molar-refractivity contribution is 0.206. The molecule has 0 aliphatic carbocycles. The first kappa shape index (κ1) is 15.8. The SMILES string of the molecule is C=Cc1cc(C)cc(OC(C)CCCCCCC)c1. The van der Waals surface area contributed by atoms with Gasteiger partial charge in [0.15, 0.2) is 0 Å². The van der Waals surface area contributed by atoms with Crippen LogP contribution in [0.1, 0.15) is 63.5 Å². The van der Waals surface area contributed by atoms with Gasteiger partial charge in [-0.05, 0) is 49.9 Å². The van der Waals surface area contributed by atoms with E-state index >= 15 is 0 Å². The van der Waals surface area contributed by atoms with Crippen molar-refractivity contribution < 1.29 is 4.74 Å². The predicted molar refractivity (Wildman–Crippen MR) is 84.7 cm³/mol. The van der Waals surface area contributed by atoms with Crippen molar-refractivity contribution in [1.29, 1.82) is 0 Å². The number of benzene rings is 1. The molecule has 1 aromatic rings.